The highest BCUT2D eigenvalue weighted by Gasteiger charge is 2.24. The summed E-state index contributed by atoms with van der Waals surface area (Å²) in [6.45, 7) is 3.74. The lowest BCUT2D eigenvalue weighted by Gasteiger charge is -2.28. The van der Waals surface area contributed by atoms with Crippen molar-refractivity contribution in [3.63, 3.8) is 0 Å². The molecule has 0 saturated heterocycles. The van der Waals surface area contributed by atoms with Crippen LogP contribution in [0.5, 0.6) is 11.5 Å². The molecule has 1 heterocycles. The second kappa shape index (κ2) is 8.56. The lowest BCUT2D eigenvalue weighted by Crippen LogP contribution is -2.39. The zero-order valence-corrected chi connectivity index (χ0v) is 16.4. The van der Waals surface area contributed by atoms with E-state index in [4.69, 9.17) is 9.47 Å². The van der Waals surface area contributed by atoms with Gasteiger partial charge < -0.3 is 14.4 Å². The normalized spacial score (nSPS) is 12.9. The summed E-state index contributed by atoms with van der Waals surface area (Å²) in [5.41, 5.74) is 1.94. The van der Waals surface area contributed by atoms with Crippen LogP contribution >= 0.6 is 0 Å². The minimum absolute atomic E-state index is 0.0938. The van der Waals surface area contributed by atoms with E-state index in [1.165, 1.54) is 6.33 Å². The van der Waals surface area contributed by atoms with E-state index in [0.29, 0.717) is 5.75 Å². The molecule has 28 heavy (non-hydrogen) atoms. The molecule has 0 saturated carbocycles. The number of ether oxygens (including phenoxy) is 2. The molecule has 2 atom stereocenters. The van der Waals surface area contributed by atoms with Crippen molar-refractivity contribution in [1.29, 1.82) is 0 Å². The molecule has 0 bridgehead atoms. The third-order valence-corrected chi connectivity index (χ3v) is 4.71. The number of amides is 1. The molecule has 3 aromatic rings. The fourth-order valence-electron chi connectivity index (χ4n) is 2.86. The lowest BCUT2D eigenvalue weighted by molar-refractivity contribution is -0.138. The molecule has 0 radical (unpaired) electrons. The van der Waals surface area contributed by atoms with Gasteiger partial charge in [0.15, 0.2) is 6.10 Å². The van der Waals surface area contributed by atoms with Crippen LogP contribution < -0.4 is 9.47 Å². The predicted octanol–water partition coefficient (Wildman–Crippen LogP) is 3.26. The summed E-state index contributed by atoms with van der Waals surface area (Å²) in [6, 6.07) is 15.0. The third-order valence-electron chi connectivity index (χ3n) is 4.71. The van der Waals surface area contributed by atoms with Gasteiger partial charge in [-0.15, -0.1) is 0 Å². The van der Waals surface area contributed by atoms with E-state index in [-0.39, 0.29) is 11.9 Å². The minimum atomic E-state index is -0.602. The van der Waals surface area contributed by atoms with Crippen molar-refractivity contribution in [1.82, 2.24) is 19.7 Å². The minimum Gasteiger partial charge on any atom is -0.497 e. The van der Waals surface area contributed by atoms with Gasteiger partial charge in [-0.05, 0) is 55.8 Å². The second-order valence-corrected chi connectivity index (χ2v) is 6.49. The summed E-state index contributed by atoms with van der Waals surface area (Å²) >= 11 is 0. The maximum atomic E-state index is 12.8. The number of aromatic nitrogens is 3. The van der Waals surface area contributed by atoms with Crippen molar-refractivity contribution in [3.8, 4) is 17.2 Å². The summed E-state index contributed by atoms with van der Waals surface area (Å²) in [5.74, 6) is 1.27. The van der Waals surface area contributed by atoms with Gasteiger partial charge >= 0.3 is 0 Å². The Balaban J connectivity index is 1.64. The summed E-state index contributed by atoms with van der Waals surface area (Å²) in [7, 11) is 3.39. The highest BCUT2D eigenvalue weighted by atomic mass is 16.5. The largest absolute Gasteiger partial charge is 0.497 e. The number of methoxy groups -OCH3 is 1. The van der Waals surface area contributed by atoms with E-state index in [0.717, 1.165) is 17.0 Å². The Morgan fingerprint density at radius 2 is 1.68 bits per heavy atom. The monoisotopic (exact) mass is 380 g/mol. The van der Waals surface area contributed by atoms with Crippen LogP contribution in [0.4, 0.5) is 0 Å². The standard InChI is InChI=1S/C21H24N4O3/c1-15(17-5-7-18(8-6-17)25-14-22-13-23-25)24(3)21(26)16(2)28-20-11-9-19(27-4)10-12-20/h5-16H,1-4H3. The Kier molecular flexibility index (Phi) is 5.93. The lowest BCUT2D eigenvalue weighted by atomic mass is 10.1. The van der Waals surface area contributed by atoms with Crippen LogP contribution in [0.3, 0.4) is 0 Å². The van der Waals surface area contributed by atoms with E-state index in [9.17, 15) is 4.79 Å². The fourth-order valence-corrected chi connectivity index (χ4v) is 2.86. The van der Waals surface area contributed by atoms with Crippen LogP contribution in [0.15, 0.2) is 61.2 Å². The summed E-state index contributed by atoms with van der Waals surface area (Å²) < 4.78 is 12.6. The number of nitrogens with zero attached hydrogens (tertiary/aromatic N) is 4. The second-order valence-electron chi connectivity index (χ2n) is 6.49. The molecule has 2 unspecified atom stereocenters. The summed E-state index contributed by atoms with van der Waals surface area (Å²) in [6.07, 6.45) is 2.54. The van der Waals surface area contributed by atoms with Gasteiger partial charge in [-0.2, -0.15) is 5.10 Å². The molecular weight excluding hydrogens is 356 g/mol. The summed E-state index contributed by atoms with van der Waals surface area (Å²) in [5, 5.41) is 4.11. The maximum Gasteiger partial charge on any atom is 0.263 e. The average molecular weight is 380 g/mol. The molecule has 7 nitrogen and oxygen atoms in total. The first kappa shape index (κ1) is 19.4. The molecule has 146 valence electrons. The highest BCUT2D eigenvalue weighted by Crippen LogP contribution is 2.23. The van der Waals surface area contributed by atoms with Crippen LogP contribution in [-0.4, -0.2) is 45.8 Å². The number of benzene rings is 2. The topological polar surface area (TPSA) is 69.5 Å². The van der Waals surface area contributed by atoms with Gasteiger partial charge in [0.1, 0.15) is 24.2 Å². The van der Waals surface area contributed by atoms with Crippen molar-refractivity contribution >= 4 is 5.91 Å². The van der Waals surface area contributed by atoms with E-state index in [2.05, 4.69) is 10.1 Å². The number of hydrogen-bond donors (Lipinski definition) is 0. The average Bonchev–Trinajstić information content (AvgIpc) is 3.27. The molecule has 0 N–H and O–H groups in total. The van der Waals surface area contributed by atoms with Gasteiger partial charge in [0.25, 0.3) is 5.91 Å². The molecule has 0 aliphatic heterocycles. The smallest absolute Gasteiger partial charge is 0.263 e. The number of carbonyl (C=O) groups is 1. The van der Waals surface area contributed by atoms with Crippen LogP contribution in [0.25, 0.3) is 5.69 Å². The van der Waals surface area contributed by atoms with Crippen LogP contribution in [0, 0.1) is 0 Å². The van der Waals surface area contributed by atoms with E-state index in [1.54, 1.807) is 61.3 Å². The Morgan fingerprint density at radius 3 is 2.25 bits per heavy atom. The molecule has 3 rings (SSSR count). The first-order valence-corrected chi connectivity index (χ1v) is 9.02. The van der Waals surface area contributed by atoms with Gasteiger partial charge in [-0.1, -0.05) is 12.1 Å². The SMILES string of the molecule is COc1ccc(OC(C)C(=O)N(C)C(C)c2ccc(-n3cncn3)cc2)cc1. The molecule has 1 aromatic heterocycles. The van der Waals surface area contributed by atoms with Crippen molar-refractivity contribution in [2.24, 2.45) is 0 Å². The summed E-state index contributed by atoms with van der Waals surface area (Å²) in [4.78, 5) is 18.4. The quantitative estimate of drug-likeness (QED) is 0.629. The van der Waals surface area contributed by atoms with Gasteiger partial charge in [-0.25, -0.2) is 9.67 Å². The Bertz CT molecular complexity index is 892. The fraction of sp³-hybridized carbons (Fsp3) is 0.286. The number of rotatable bonds is 7. The zero-order chi connectivity index (χ0) is 20.1. The molecule has 7 heteroatoms. The van der Waals surface area contributed by atoms with Gasteiger partial charge in [0.05, 0.1) is 18.8 Å². The zero-order valence-electron chi connectivity index (χ0n) is 16.4. The maximum absolute atomic E-state index is 12.8. The molecule has 2 aromatic carbocycles. The van der Waals surface area contributed by atoms with E-state index >= 15 is 0 Å². The number of likely N-dealkylation sites (N-methyl/N-ethyl adjacent to an activating group) is 1. The third kappa shape index (κ3) is 4.31. The number of hydrogen-bond acceptors (Lipinski definition) is 5. The van der Waals surface area contributed by atoms with Crippen LogP contribution in [-0.2, 0) is 4.79 Å². The molecule has 0 aliphatic carbocycles. The predicted molar refractivity (Wildman–Crippen MR) is 106 cm³/mol. The highest BCUT2D eigenvalue weighted by molar-refractivity contribution is 5.81. The van der Waals surface area contributed by atoms with Crippen LogP contribution in [0.2, 0.25) is 0 Å². The van der Waals surface area contributed by atoms with Crippen LogP contribution in [0.1, 0.15) is 25.5 Å². The van der Waals surface area contributed by atoms with Gasteiger partial charge in [0, 0.05) is 7.05 Å². The number of carbonyl (C=O) groups excluding carboxylic acids is 1. The Hall–Kier alpha value is -3.35. The van der Waals surface area contributed by atoms with E-state index < -0.39 is 6.10 Å². The van der Waals surface area contributed by atoms with Crippen molar-refractivity contribution in [3.05, 3.63) is 66.7 Å². The Morgan fingerprint density at radius 1 is 1.04 bits per heavy atom. The van der Waals surface area contributed by atoms with Gasteiger partial charge in [0.2, 0.25) is 0 Å². The molecule has 1 amide bonds. The molecule has 0 spiro atoms. The van der Waals surface area contributed by atoms with Gasteiger partial charge in [-0.3, -0.25) is 4.79 Å². The van der Waals surface area contributed by atoms with Crippen molar-refractivity contribution in [2.45, 2.75) is 26.0 Å². The molecule has 0 fully saturated rings. The molecule has 0 aliphatic rings. The molecular formula is C21H24N4O3. The van der Waals surface area contributed by atoms with E-state index in [1.807, 2.05) is 31.2 Å². The Labute approximate surface area is 164 Å². The first-order chi connectivity index (χ1) is 13.5. The van der Waals surface area contributed by atoms with Crippen molar-refractivity contribution in [2.75, 3.05) is 14.2 Å². The first-order valence-electron chi connectivity index (χ1n) is 9.02. The van der Waals surface area contributed by atoms with Crippen molar-refractivity contribution < 1.29 is 14.3 Å².